The first-order valence-electron chi connectivity index (χ1n) is 6.99. The van der Waals surface area contributed by atoms with E-state index in [0.29, 0.717) is 10.6 Å². The molecule has 0 amide bonds. The number of aromatic amines is 1. The zero-order chi connectivity index (χ0) is 15.5. The Bertz CT molecular complexity index is 872. The molecule has 0 atom stereocenters. The molecule has 0 saturated heterocycles. The molecular weight excluding hydrogens is 292 g/mol. The van der Waals surface area contributed by atoms with E-state index in [1.54, 1.807) is 10.9 Å². The normalized spacial score (nSPS) is 11.2. The van der Waals surface area contributed by atoms with Crippen molar-refractivity contribution in [2.75, 3.05) is 0 Å². The summed E-state index contributed by atoms with van der Waals surface area (Å²) in [5, 5.41) is 11.6. The maximum atomic E-state index is 5.27. The van der Waals surface area contributed by atoms with Crippen molar-refractivity contribution in [3.8, 4) is 11.4 Å². The average Bonchev–Trinajstić information content (AvgIpc) is 2.88. The van der Waals surface area contributed by atoms with E-state index >= 15 is 0 Å². The molecule has 0 unspecified atom stereocenters. The summed E-state index contributed by atoms with van der Waals surface area (Å²) < 4.78 is 2.11. The van der Waals surface area contributed by atoms with E-state index in [-0.39, 0.29) is 0 Å². The largest absolute Gasteiger partial charge is 0.250 e. The van der Waals surface area contributed by atoms with Crippen LogP contribution >= 0.6 is 12.2 Å². The fourth-order valence-corrected chi connectivity index (χ4v) is 2.33. The second kappa shape index (κ2) is 6.07. The standard InChI is InChI=1S/C17H16N4S/c1-12-6-8-14(9-7-12)11-18-21-16(19-20-17(21)22)15-5-3-4-13(2)10-15/h3-11H,1-2H3,(H,20,22). The van der Waals surface area contributed by atoms with Gasteiger partial charge in [0.25, 0.3) is 0 Å². The Morgan fingerprint density at radius 2 is 1.86 bits per heavy atom. The number of H-pyrrole nitrogens is 1. The van der Waals surface area contributed by atoms with Gasteiger partial charge in [-0.25, -0.2) is 5.10 Å². The number of nitrogens with one attached hydrogen (secondary N) is 1. The smallest absolute Gasteiger partial charge is 0.216 e. The van der Waals surface area contributed by atoms with E-state index in [1.165, 1.54) is 11.1 Å². The van der Waals surface area contributed by atoms with E-state index in [4.69, 9.17) is 12.2 Å². The average molecular weight is 308 g/mol. The summed E-state index contributed by atoms with van der Waals surface area (Å²) in [4.78, 5) is 0. The predicted octanol–water partition coefficient (Wildman–Crippen LogP) is 4.11. The third kappa shape index (κ3) is 3.04. The van der Waals surface area contributed by atoms with Crippen molar-refractivity contribution in [3.63, 3.8) is 0 Å². The van der Waals surface area contributed by atoms with Crippen LogP contribution in [0.2, 0.25) is 0 Å². The monoisotopic (exact) mass is 308 g/mol. The molecule has 0 aliphatic carbocycles. The van der Waals surface area contributed by atoms with E-state index in [9.17, 15) is 0 Å². The summed E-state index contributed by atoms with van der Waals surface area (Å²) >= 11 is 5.27. The molecular formula is C17H16N4S. The van der Waals surface area contributed by atoms with Gasteiger partial charge < -0.3 is 0 Å². The Kier molecular flexibility index (Phi) is 3.98. The lowest BCUT2D eigenvalue weighted by molar-refractivity contribution is 0.871. The highest BCUT2D eigenvalue weighted by Gasteiger charge is 2.07. The molecule has 110 valence electrons. The number of aryl methyl sites for hydroxylation is 2. The summed E-state index contributed by atoms with van der Waals surface area (Å²) in [5.41, 5.74) is 4.38. The van der Waals surface area contributed by atoms with Crippen LogP contribution in [0.1, 0.15) is 16.7 Å². The molecule has 3 aromatic rings. The van der Waals surface area contributed by atoms with E-state index in [0.717, 1.165) is 11.1 Å². The van der Waals surface area contributed by atoms with Crippen molar-refractivity contribution in [1.29, 1.82) is 0 Å². The SMILES string of the molecule is Cc1ccc(C=Nn2c(-c3cccc(C)c3)n[nH]c2=S)cc1. The van der Waals surface area contributed by atoms with E-state index in [1.807, 2.05) is 37.3 Å². The third-order valence-electron chi connectivity index (χ3n) is 3.33. The fraction of sp³-hybridized carbons (Fsp3) is 0.118. The first-order valence-corrected chi connectivity index (χ1v) is 7.40. The summed E-state index contributed by atoms with van der Waals surface area (Å²) in [6.45, 7) is 4.10. The van der Waals surface area contributed by atoms with Crippen LogP contribution in [-0.4, -0.2) is 21.1 Å². The molecule has 3 rings (SSSR count). The van der Waals surface area contributed by atoms with Crippen LogP contribution in [-0.2, 0) is 0 Å². The molecule has 0 fully saturated rings. The number of rotatable bonds is 3. The zero-order valence-corrected chi connectivity index (χ0v) is 13.3. The summed E-state index contributed by atoms with van der Waals surface area (Å²) in [6, 6.07) is 16.2. The van der Waals surface area contributed by atoms with Gasteiger partial charge in [-0.2, -0.15) is 14.9 Å². The number of hydrogen-bond acceptors (Lipinski definition) is 3. The van der Waals surface area contributed by atoms with Crippen molar-refractivity contribution in [2.24, 2.45) is 5.10 Å². The second-order valence-corrected chi connectivity index (χ2v) is 5.58. The Balaban J connectivity index is 1.99. The Morgan fingerprint density at radius 1 is 1.09 bits per heavy atom. The maximum Gasteiger partial charge on any atom is 0.216 e. The molecule has 1 N–H and O–H groups in total. The van der Waals surface area contributed by atoms with Gasteiger partial charge in [-0.15, -0.1) is 0 Å². The van der Waals surface area contributed by atoms with Crippen LogP contribution in [0.4, 0.5) is 0 Å². The van der Waals surface area contributed by atoms with E-state index < -0.39 is 0 Å². The van der Waals surface area contributed by atoms with Gasteiger partial charge in [-0.3, -0.25) is 0 Å². The third-order valence-corrected chi connectivity index (χ3v) is 3.59. The highest BCUT2D eigenvalue weighted by molar-refractivity contribution is 7.71. The second-order valence-electron chi connectivity index (χ2n) is 5.19. The van der Waals surface area contributed by atoms with Gasteiger partial charge in [0.05, 0.1) is 6.21 Å². The molecule has 1 heterocycles. The van der Waals surface area contributed by atoms with Crippen molar-refractivity contribution in [1.82, 2.24) is 14.9 Å². The van der Waals surface area contributed by atoms with Gasteiger partial charge in [0.15, 0.2) is 5.82 Å². The predicted molar refractivity (Wildman–Crippen MR) is 91.8 cm³/mol. The zero-order valence-electron chi connectivity index (χ0n) is 12.4. The first kappa shape index (κ1) is 14.4. The lowest BCUT2D eigenvalue weighted by atomic mass is 10.1. The minimum atomic E-state index is 0.472. The maximum absolute atomic E-state index is 5.27. The highest BCUT2D eigenvalue weighted by Crippen LogP contribution is 2.18. The van der Waals surface area contributed by atoms with Crippen LogP contribution in [0.15, 0.2) is 53.6 Å². The van der Waals surface area contributed by atoms with Gasteiger partial charge in [0.2, 0.25) is 4.77 Å². The summed E-state index contributed by atoms with van der Waals surface area (Å²) in [7, 11) is 0. The van der Waals surface area contributed by atoms with Crippen molar-refractivity contribution >= 4 is 18.4 Å². The van der Waals surface area contributed by atoms with Crippen LogP contribution in [0.5, 0.6) is 0 Å². The van der Waals surface area contributed by atoms with Crippen LogP contribution in [0.3, 0.4) is 0 Å². The molecule has 0 bridgehead atoms. The molecule has 1 aromatic heterocycles. The fourth-order valence-electron chi connectivity index (χ4n) is 2.15. The van der Waals surface area contributed by atoms with Crippen LogP contribution in [0, 0.1) is 18.6 Å². The number of hydrogen-bond donors (Lipinski definition) is 1. The molecule has 2 aromatic carbocycles. The molecule has 0 spiro atoms. The Morgan fingerprint density at radius 3 is 2.59 bits per heavy atom. The van der Waals surface area contributed by atoms with E-state index in [2.05, 4.69) is 40.4 Å². The summed E-state index contributed by atoms with van der Waals surface area (Å²) in [5.74, 6) is 0.706. The topological polar surface area (TPSA) is 46.0 Å². The lowest BCUT2D eigenvalue weighted by Crippen LogP contribution is -1.95. The van der Waals surface area contributed by atoms with Crippen molar-refractivity contribution < 1.29 is 0 Å². The van der Waals surface area contributed by atoms with Gasteiger partial charge in [-0.1, -0.05) is 53.6 Å². The molecule has 0 aliphatic heterocycles. The molecule has 0 aliphatic rings. The van der Waals surface area contributed by atoms with Crippen molar-refractivity contribution in [3.05, 3.63) is 70.0 Å². The van der Waals surface area contributed by atoms with Crippen LogP contribution in [0.25, 0.3) is 11.4 Å². The van der Waals surface area contributed by atoms with Crippen LogP contribution < -0.4 is 0 Å². The molecule has 0 saturated carbocycles. The molecule has 4 nitrogen and oxygen atoms in total. The minimum absolute atomic E-state index is 0.472. The number of nitrogens with zero attached hydrogens (tertiary/aromatic N) is 3. The number of aromatic nitrogens is 3. The van der Waals surface area contributed by atoms with Gasteiger partial charge in [0.1, 0.15) is 0 Å². The Hall–Kier alpha value is -2.53. The quantitative estimate of drug-likeness (QED) is 0.584. The Labute approximate surface area is 134 Å². The molecule has 22 heavy (non-hydrogen) atoms. The van der Waals surface area contributed by atoms with Gasteiger partial charge >= 0.3 is 0 Å². The minimum Gasteiger partial charge on any atom is -0.250 e. The summed E-state index contributed by atoms with van der Waals surface area (Å²) in [6.07, 6.45) is 1.78. The molecule has 0 radical (unpaired) electrons. The van der Waals surface area contributed by atoms with Gasteiger partial charge in [0, 0.05) is 5.56 Å². The molecule has 5 heteroatoms. The van der Waals surface area contributed by atoms with Crippen molar-refractivity contribution in [2.45, 2.75) is 13.8 Å². The lowest BCUT2D eigenvalue weighted by Gasteiger charge is -2.02. The first-order chi connectivity index (χ1) is 10.6. The van der Waals surface area contributed by atoms with Gasteiger partial charge in [-0.05, 0) is 37.7 Å². The number of benzene rings is 2. The highest BCUT2D eigenvalue weighted by atomic mass is 32.1.